The quantitative estimate of drug-likeness (QED) is 0.256. The van der Waals surface area contributed by atoms with E-state index in [9.17, 15) is 14.8 Å². The number of nitrogens with zero attached hydrogens (tertiary/aromatic N) is 4. The predicted octanol–water partition coefficient (Wildman–Crippen LogP) is 6.04. The van der Waals surface area contributed by atoms with Crippen LogP contribution in [0.5, 0.6) is 0 Å². The first-order chi connectivity index (χ1) is 18.6. The molecular weight excluding hydrogens is 524 g/mol. The summed E-state index contributed by atoms with van der Waals surface area (Å²) in [6.07, 6.45) is 6.15. The van der Waals surface area contributed by atoms with Crippen molar-refractivity contribution in [3.05, 3.63) is 34.9 Å². The van der Waals surface area contributed by atoms with E-state index in [0.29, 0.717) is 18.1 Å². The van der Waals surface area contributed by atoms with Gasteiger partial charge >= 0.3 is 0 Å². The van der Waals surface area contributed by atoms with E-state index in [1.807, 2.05) is 30.9 Å². The highest BCUT2D eigenvalue weighted by atomic mass is 35.5. The van der Waals surface area contributed by atoms with Crippen molar-refractivity contribution < 1.29 is 14.8 Å². The van der Waals surface area contributed by atoms with Gasteiger partial charge in [-0.05, 0) is 89.8 Å². The second kappa shape index (κ2) is 11.6. The Hall–Kier alpha value is -2.12. The molecule has 4 rings (SSSR count). The number of likely N-dealkylation sites (tertiary alicyclic amines) is 2. The van der Waals surface area contributed by atoms with Crippen LogP contribution in [0.15, 0.2) is 29.4 Å². The van der Waals surface area contributed by atoms with Crippen LogP contribution in [0.3, 0.4) is 0 Å². The maximum atomic E-state index is 14.2. The van der Waals surface area contributed by atoms with Crippen molar-refractivity contribution in [1.82, 2.24) is 14.7 Å². The summed E-state index contributed by atoms with van der Waals surface area (Å²) in [5.74, 6) is 0.119. The van der Waals surface area contributed by atoms with E-state index in [0.717, 1.165) is 50.8 Å². The monoisotopic (exact) mass is 572 g/mol. The Bertz CT molecular complexity index is 1080. The van der Waals surface area contributed by atoms with Crippen LogP contribution >= 0.6 is 11.6 Å². The third kappa shape index (κ3) is 6.67. The van der Waals surface area contributed by atoms with Gasteiger partial charge in [0.05, 0.1) is 23.6 Å². The molecule has 1 aromatic carbocycles. The molecule has 0 aromatic heterocycles. The van der Waals surface area contributed by atoms with E-state index < -0.39 is 5.41 Å². The molecule has 8 heteroatoms. The summed E-state index contributed by atoms with van der Waals surface area (Å²) < 4.78 is 0. The van der Waals surface area contributed by atoms with Crippen LogP contribution in [0.1, 0.15) is 92.1 Å². The van der Waals surface area contributed by atoms with Crippen LogP contribution in [-0.2, 0) is 9.59 Å². The summed E-state index contributed by atoms with van der Waals surface area (Å²) >= 11 is 6.18. The van der Waals surface area contributed by atoms with Gasteiger partial charge in [0, 0.05) is 48.7 Å². The summed E-state index contributed by atoms with van der Waals surface area (Å²) in [5, 5.41) is 13.2. The number of hydrogen-bond donors (Lipinski definition) is 1. The number of amides is 2. The largest absolute Gasteiger partial charge is 0.411 e. The summed E-state index contributed by atoms with van der Waals surface area (Å²) in [6, 6.07) is 8.04. The molecule has 1 N–H and O–H groups in total. The maximum Gasteiger partial charge on any atom is 0.234 e. The fourth-order valence-electron chi connectivity index (χ4n) is 6.88. The Morgan fingerprint density at radius 3 is 2.20 bits per heavy atom. The average Bonchev–Trinajstić information content (AvgIpc) is 3.53. The van der Waals surface area contributed by atoms with Crippen LogP contribution in [0, 0.1) is 16.7 Å². The topological polar surface area (TPSA) is 76.5 Å². The molecule has 222 valence electrons. The Morgan fingerprint density at radius 1 is 1.00 bits per heavy atom. The van der Waals surface area contributed by atoms with E-state index in [1.54, 1.807) is 0 Å². The van der Waals surface area contributed by atoms with Gasteiger partial charge in [0.1, 0.15) is 0 Å². The molecule has 3 aliphatic rings. The van der Waals surface area contributed by atoms with E-state index in [-0.39, 0.29) is 46.7 Å². The van der Waals surface area contributed by atoms with Crippen LogP contribution < -0.4 is 0 Å². The molecule has 40 heavy (non-hydrogen) atoms. The van der Waals surface area contributed by atoms with E-state index >= 15 is 0 Å². The molecule has 1 aliphatic carbocycles. The van der Waals surface area contributed by atoms with Crippen LogP contribution in [0.2, 0.25) is 5.02 Å². The zero-order valence-electron chi connectivity index (χ0n) is 25.5. The van der Waals surface area contributed by atoms with Gasteiger partial charge in [-0.25, -0.2) is 0 Å². The number of oxime groups is 1. The minimum absolute atomic E-state index is 0.0203. The zero-order chi connectivity index (χ0) is 29.5. The van der Waals surface area contributed by atoms with Crippen molar-refractivity contribution in [2.45, 2.75) is 104 Å². The fraction of sp³-hybridized carbons (Fsp3) is 0.719. The zero-order valence-corrected chi connectivity index (χ0v) is 26.2. The highest BCUT2D eigenvalue weighted by Gasteiger charge is 2.47. The number of carbonyl (C=O) groups is 2. The maximum absolute atomic E-state index is 14.2. The highest BCUT2D eigenvalue weighted by Crippen LogP contribution is 2.41. The van der Waals surface area contributed by atoms with Crippen LogP contribution in [-0.4, -0.2) is 81.7 Å². The number of carbonyl (C=O) groups excluding carboxylic acids is 2. The second-order valence-corrected chi connectivity index (χ2v) is 15.1. The number of hydrogen-bond acceptors (Lipinski definition) is 5. The minimum atomic E-state index is -0.919. The highest BCUT2D eigenvalue weighted by molar-refractivity contribution is 6.30. The first-order valence-electron chi connectivity index (χ1n) is 14.9. The molecule has 2 heterocycles. The molecule has 7 nitrogen and oxygen atoms in total. The Kier molecular flexibility index (Phi) is 8.97. The number of benzene rings is 1. The standard InChI is InChI=1S/C32H49ClN4O3/c1-30(2,3)36-19-26(22-8-10-23(33)11-9-22)27(20-36)28(38)35-17-14-25(18-35)37(29(39)32(6,7)21-34-40)24-12-15-31(4,5)16-13-24/h8-11,21,24-27,40H,12-20H2,1-7H3/b34-21+/t25-,26-,27+/m0/s1. The van der Waals surface area contributed by atoms with E-state index in [4.69, 9.17) is 11.6 Å². The van der Waals surface area contributed by atoms with Gasteiger partial charge < -0.3 is 15.0 Å². The van der Waals surface area contributed by atoms with Gasteiger partial charge in [-0.1, -0.05) is 37.6 Å². The van der Waals surface area contributed by atoms with Crippen molar-refractivity contribution in [3.8, 4) is 0 Å². The lowest BCUT2D eigenvalue weighted by molar-refractivity contribution is -0.144. The molecule has 0 unspecified atom stereocenters. The molecular formula is C32H49ClN4O3. The van der Waals surface area contributed by atoms with E-state index in [2.05, 4.69) is 61.7 Å². The molecule has 1 saturated carbocycles. The second-order valence-electron chi connectivity index (χ2n) is 14.6. The summed E-state index contributed by atoms with van der Waals surface area (Å²) in [4.78, 5) is 34.6. The molecule has 0 bridgehead atoms. The Labute approximate surface area is 245 Å². The van der Waals surface area contributed by atoms with E-state index in [1.165, 1.54) is 6.21 Å². The summed E-state index contributed by atoms with van der Waals surface area (Å²) in [7, 11) is 0. The lowest BCUT2D eigenvalue weighted by atomic mass is 9.74. The first kappa shape index (κ1) is 30.8. The van der Waals surface area contributed by atoms with Crippen molar-refractivity contribution >= 4 is 29.6 Å². The van der Waals surface area contributed by atoms with Gasteiger partial charge in [-0.3, -0.25) is 14.5 Å². The normalized spacial score (nSPS) is 26.5. The lowest BCUT2D eigenvalue weighted by Crippen LogP contribution is -2.55. The summed E-state index contributed by atoms with van der Waals surface area (Å²) in [5.41, 5.74) is 0.475. The minimum Gasteiger partial charge on any atom is -0.411 e. The molecule has 3 atom stereocenters. The molecule has 1 aromatic rings. The SMILES string of the molecule is CC1(C)CCC(N(C(=O)C(C)(C)/C=N/O)[C@H]2CCN(C(=O)[C@@H]3CN(C(C)(C)C)C[C@H]3c3ccc(Cl)cc3)C2)CC1. The Morgan fingerprint density at radius 2 is 1.62 bits per heavy atom. The van der Waals surface area contributed by atoms with Gasteiger partial charge in [0.15, 0.2) is 0 Å². The molecule has 3 fully saturated rings. The van der Waals surface area contributed by atoms with Crippen molar-refractivity contribution in [1.29, 1.82) is 0 Å². The Balaban J connectivity index is 1.56. The van der Waals surface area contributed by atoms with Gasteiger partial charge in [-0.15, -0.1) is 5.16 Å². The lowest BCUT2D eigenvalue weighted by Gasteiger charge is -2.44. The van der Waals surface area contributed by atoms with Gasteiger partial charge in [0.2, 0.25) is 11.8 Å². The third-order valence-corrected chi connectivity index (χ3v) is 9.87. The molecule has 2 aliphatic heterocycles. The fourth-order valence-corrected chi connectivity index (χ4v) is 7.00. The van der Waals surface area contributed by atoms with Gasteiger partial charge in [-0.2, -0.15) is 0 Å². The van der Waals surface area contributed by atoms with Crippen molar-refractivity contribution in [3.63, 3.8) is 0 Å². The number of rotatable bonds is 6. The molecule has 0 radical (unpaired) electrons. The van der Waals surface area contributed by atoms with Crippen molar-refractivity contribution in [2.75, 3.05) is 26.2 Å². The molecule has 0 spiro atoms. The van der Waals surface area contributed by atoms with Crippen LogP contribution in [0.4, 0.5) is 0 Å². The molecule has 2 saturated heterocycles. The molecule has 2 amide bonds. The van der Waals surface area contributed by atoms with Crippen LogP contribution in [0.25, 0.3) is 0 Å². The summed E-state index contributed by atoms with van der Waals surface area (Å²) in [6.45, 7) is 17.6. The van der Waals surface area contributed by atoms with Gasteiger partial charge in [0.25, 0.3) is 0 Å². The van der Waals surface area contributed by atoms with Crippen molar-refractivity contribution in [2.24, 2.45) is 21.9 Å². The third-order valence-electron chi connectivity index (χ3n) is 9.62. The smallest absolute Gasteiger partial charge is 0.234 e. The average molecular weight is 573 g/mol. The predicted molar refractivity (Wildman–Crippen MR) is 161 cm³/mol. The first-order valence-corrected chi connectivity index (χ1v) is 15.3. The number of halogens is 1.